The Bertz CT molecular complexity index is 718. The van der Waals surface area contributed by atoms with E-state index in [0.29, 0.717) is 0 Å². The number of fused-ring (bicyclic) bond motifs is 2. The molecular formula is C17H23N3O. The molecule has 4 nitrogen and oxygen atoms in total. The highest BCUT2D eigenvalue weighted by molar-refractivity contribution is 5.83. The third-order valence-electron chi connectivity index (χ3n) is 4.28. The van der Waals surface area contributed by atoms with Crippen LogP contribution in [0.2, 0.25) is 0 Å². The zero-order valence-corrected chi connectivity index (χ0v) is 13.1. The molecule has 2 aromatic rings. The highest BCUT2D eigenvalue weighted by Gasteiger charge is 2.24. The molecular weight excluding hydrogens is 262 g/mol. The van der Waals surface area contributed by atoms with Gasteiger partial charge in [-0.1, -0.05) is 12.1 Å². The zero-order valence-electron chi connectivity index (χ0n) is 13.1. The lowest BCUT2D eigenvalue weighted by Crippen LogP contribution is -2.22. The van der Waals surface area contributed by atoms with E-state index in [1.807, 2.05) is 18.2 Å². The summed E-state index contributed by atoms with van der Waals surface area (Å²) in [6.45, 7) is 2.94. The van der Waals surface area contributed by atoms with Crippen molar-refractivity contribution in [2.75, 3.05) is 39.1 Å². The largest absolute Gasteiger partial charge is 0.360 e. The van der Waals surface area contributed by atoms with Crippen LogP contribution in [0.3, 0.4) is 0 Å². The van der Waals surface area contributed by atoms with Gasteiger partial charge in [-0.05, 0) is 45.6 Å². The number of para-hydroxylation sites is 1. The highest BCUT2D eigenvalue weighted by atomic mass is 16.1. The second kappa shape index (κ2) is 5.53. The molecule has 0 unspecified atom stereocenters. The maximum Gasteiger partial charge on any atom is 0.194 e. The molecule has 0 bridgehead atoms. The van der Waals surface area contributed by atoms with E-state index >= 15 is 0 Å². The normalized spacial score (nSPS) is 14.2. The van der Waals surface area contributed by atoms with Crippen LogP contribution in [0.4, 0.5) is 5.82 Å². The summed E-state index contributed by atoms with van der Waals surface area (Å²) < 4.78 is 2.34. The molecule has 1 aliphatic rings. The predicted molar refractivity (Wildman–Crippen MR) is 88.4 cm³/mol. The zero-order chi connectivity index (χ0) is 15.0. The summed E-state index contributed by atoms with van der Waals surface area (Å²) in [5.74, 6) is 1.12. The number of pyridine rings is 1. The van der Waals surface area contributed by atoms with Crippen molar-refractivity contribution in [3.05, 3.63) is 40.1 Å². The summed E-state index contributed by atoms with van der Waals surface area (Å²) in [5, 5.41) is 0.858. The molecule has 0 amide bonds. The number of likely N-dealkylation sites (N-methyl/N-ethyl adjacent to an activating group) is 1. The van der Waals surface area contributed by atoms with Crippen LogP contribution in [0.25, 0.3) is 10.9 Å². The first kappa shape index (κ1) is 14.1. The number of benzene rings is 1. The molecule has 0 atom stereocenters. The number of aryl methyl sites for hydroxylation is 1. The van der Waals surface area contributed by atoms with Gasteiger partial charge in [0, 0.05) is 31.1 Å². The van der Waals surface area contributed by atoms with Gasteiger partial charge in [-0.2, -0.15) is 0 Å². The first-order valence-corrected chi connectivity index (χ1v) is 7.60. The predicted octanol–water partition coefficient (Wildman–Crippen LogP) is 1.95. The van der Waals surface area contributed by atoms with Gasteiger partial charge in [0.15, 0.2) is 5.43 Å². The number of anilines is 1. The lowest BCUT2D eigenvalue weighted by Gasteiger charge is -2.22. The van der Waals surface area contributed by atoms with Gasteiger partial charge in [-0.15, -0.1) is 0 Å². The van der Waals surface area contributed by atoms with Crippen molar-refractivity contribution in [2.45, 2.75) is 19.4 Å². The van der Waals surface area contributed by atoms with Crippen molar-refractivity contribution in [2.24, 2.45) is 0 Å². The molecule has 0 saturated carbocycles. The lowest BCUT2D eigenvalue weighted by atomic mass is 10.1. The Morgan fingerprint density at radius 3 is 2.76 bits per heavy atom. The third kappa shape index (κ3) is 2.44. The molecule has 2 heterocycles. The summed E-state index contributed by atoms with van der Waals surface area (Å²) in [5.41, 5.74) is 2.27. The topological polar surface area (TPSA) is 28.5 Å². The molecule has 1 aromatic carbocycles. The van der Waals surface area contributed by atoms with Crippen LogP contribution in [-0.4, -0.2) is 43.7 Å². The van der Waals surface area contributed by atoms with Gasteiger partial charge in [0.1, 0.15) is 5.82 Å². The quantitative estimate of drug-likeness (QED) is 0.859. The van der Waals surface area contributed by atoms with Gasteiger partial charge in [0.2, 0.25) is 0 Å². The van der Waals surface area contributed by atoms with Crippen molar-refractivity contribution in [1.29, 1.82) is 0 Å². The molecule has 4 heteroatoms. The molecule has 0 spiro atoms. The van der Waals surface area contributed by atoms with Crippen LogP contribution in [0.5, 0.6) is 0 Å². The number of rotatable bonds is 4. The second-order valence-corrected chi connectivity index (χ2v) is 6.13. The summed E-state index contributed by atoms with van der Waals surface area (Å²) in [4.78, 5) is 17.1. The van der Waals surface area contributed by atoms with Crippen LogP contribution in [-0.2, 0) is 13.0 Å². The number of nitrogens with zero attached hydrogens (tertiary/aromatic N) is 3. The summed E-state index contributed by atoms with van der Waals surface area (Å²) in [6, 6.07) is 8.00. The fourth-order valence-electron chi connectivity index (χ4n) is 3.26. The van der Waals surface area contributed by atoms with E-state index in [1.54, 1.807) is 0 Å². The van der Waals surface area contributed by atoms with Crippen LogP contribution < -0.4 is 10.3 Å². The first-order valence-electron chi connectivity index (χ1n) is 7.60. The lowest BCUT2D eigenvalue weighted by molar-refractivity contribution is 0.388. The van der Waals surface area contributed by atoms with Crippen molar-refractivity contribution in [3.8, 4) is 0 Å². The average molecular weight is 285 g/mol. The molecule has 0 N–H and O–H groups in total. The smallest absolute Gasteiger partial charge is 0.194 e. The van der Waals surface area contributed by atoms with E-state index in [9.17, 15) is 4.79 Å². The monoisotopic (exact) mass is 285 g/mol. The van der Waals surface area contributed by atoms with Crippen molar-refractivity contribution in [1.82, 2.24) is 9.47 Å². The van der Waals surface area contributed by atoms with Crippen LogP contribution in [0.15, 0.2) is 29.1 Å². The van der Waals surface area contributed by atoms with Gasteiger partial charge in [0.25, 0.3) is 0 Å². The number of hydrogen-bond donors (Lipinski definition) is 0. The fourth-order valence-corrected chi connectivity index (χ4v) is 3.26. The van der Waals surface area contributed by atoms with Crippen molar-refractivity contribution < 1.29 is 0 Å². The Labute approximate surface area is 125 Å². The summed E-state index contributed by atoms with van der Waals surface area (Å²) in [7, 11) is 6.28. The Hall–Kier alpha value is -1.81. The minimum absolute atomic E-state index is 0.216. The van der Waals surface area contributed by atoms with E-state index < -0.39 is 0 Å². The highest BCUT2D eigenvalue weighted by Crippen LogP contribution is 2.28. The average Bonchev–Trinajstić information content (AvgIpc) is 2.85. The van der Waals surface area contributed by atoms with Crippen LogP contribution in [0, 0.1) is 0 Å². The Morgan fingerprint density at radius 1 is 1.24 bits per heavy atom. The number of aromatic nitrogens is 1. The van der Waals surface area contributed by atoms with E-state index in [0.717, 1.165) is 54.8 Å². The maximum absolute atomic E-state index is 12.7. The molecule has 1 aliphatic heterocycles. The van der Waals surface area contributed by atoms with Gasteiger partial charge < -0.3 is 14.4 Å². The standard InChI is InChI=1S/C17H23N3O/c1-18(2)10-6-11-20-15-8-5-4-7-13(15)16(21)14-9-12-19(3)17(14)20/h4-5,7-8H,6,9-12H2,1-3H3. The van der Waals surface area contributed by atoms with Gasteiger partial charge in [0.05, 0.1) is 5.52 Å². The van der Waals surface area contributed by atoms with Gasteiger partial charge >= 0.3 is 0 Å². The number of hydrogen-bond acceptors (Lipinski definition) is 3. The van der Waals surface area contributed by atoms with Gasteiger partial charge in [-0.3, -0.25) is 4.79 Å². The Balaban J connectivity index is 2.14. The molecule has 112 valence electrons. The third-order valence-corrected chi connectivity index (χ3v) is 4.28. The summed E-state index contributed by atoms with van der Waals surface area (Å²) in [6.07, 6.45) is 1.95. The molecule has 1 aromatic heterocycles. The molecule has 0 saturated heterocycles. The minimum Gasteiger partial charge on any atom is -0.360 e. The Morgan fingerprint density at radius 2 is 2.00 bits per heavy atom. The SMILES string of the molecule is CN(C)CCCn1c2c(c(=O)c3ccccc31)CCN2C. The fraction of sp³-hybridized carbons (Fsp3) is 0.471. The minimum atomic E-state index is 0.216. The van der Waals surface area contributed by atoms with E-state index in [4.69, 9.17) is 0 Å². The van der Waals surface area contributed by atoms with Crippen molar-refractivity contribution >= 4 is 16.7 Å². The molecule has 0 fully saturated rings. The first-order chi connectivity index (χ1) is 10.1. The molecule has 0 radical (unpaired) electrons. The molecule has 21 heavy (non-hydrogen) atoms. The maximum atomic E-state index is 12.7. The van der Waals surface area contributed by atoms with E-state index in [1.165, 1.54) is 0 Å². The van der Waals surface area contributed by atoms with E-state index in [2.05, 4.69) is 41.6 Å². The Kier molecular flexibility index (Phi) is 3.72. The van der Waals surface area contributed by atoms with Crippen LogP contribution in [0.1, 0.15) is 12.0 Å². The summed E-state index contributed by atoms with van der Waals surface area (Å²) >= 11 is 0. The molecule has 3 rings (SSSR count). The van der Waals surface area contributed by atoms with Crippen molar-refractivity contribution in [3.63, 3.8) is 0 Å². The van der Waals surface area contributed by atoms with Gasteiger partial charge in [-0.25, -0.2) is 0 Å². The molecule has 0 aliphatic carbocycles. The van der Waals surface area contributed by atoms with E-state index in [-0.39, 0.29) is 5.43 Å². The van der Waals surface area contributed by atoms with Crippen LogP contribution >= 0.6 is 0 Å². The second-order valence-electron chi connectivity index (χ2n) is 6.13.